The Kier molecular flexibility index (Phi) is 2.69. The van der Waals surface area contributed by atoms with Crippen molar-refractivity contribution in [1.29, 1.82) is 0 Å². The van der Waals surface area contributed by atoms with Gasteiger partial charge in [0.2, 0.25) is 0 Å². The first kappa shape index (κ1) is 12.6. The third-order valence-electron chi connectivity index (χ3n) is 3.85. The zero-order chi connectivity index (χ0) is 15.1. The number of aromatic carboxylic acids is 1. The molecule has 0 aliphatic heterocycles. The van der Waals surface area contributed by atoms with Crippen LogP contribution in [0.15, 0.2) is 67.1 Å². The summed E-state index contributed by atoms with van der Waals surface area (Å²) < 4.78 is 1.82. The predicted molar refractivity (Wildman–Crippen MR) is 85.1 cm³/mol. The Morgan fingerprint density at radius 3 is 2.45 bits per heavy atom. The van der Waals surface area contributed by atoms with Crippen LogP contribution in [0.25, 0.3) is 27.5 Å². The van der Waals surface area contributed by atoms with Crippen LogP contribution in [0.2, 0.25) is 0 Å². The van der Waals surface area contributed by atoms with Crippen LogP contribution in [0.1, 0.15) is 10.4 Å². The second-order valence-electron chi connectivity index (χ2n) is 5.09. The van der Waals surface area contributed by atoms with Gasteiger partial charge in [-0.25, -0.2) is 9.78 Å². The fourth-order valence-corrected chi connectivity index (χ4v) is 2.95. The summed E-state index contributed by atoms with van der Waals surface area (Å²) in [7, 11) is 0. The fourth-order valence-electron chi connectivity index (χ4n) is 2.95. The number of aromatic nitrogens is 2. The summed E-state index contributed by atoms with van der Waals surface area (Å²) in [5.41, 5.74) is 3.45. The summed E-state index contributed by atoms with van der Waals surface area (Å²) in [6.45, 7) is 0. The van der Waals surface area contributed by atoms with Crippen LogP contribution in [-0.2, 0) is 0 Å². The molecule has 4 rings (SSSR count). The van der Waals surface area contributed by atoms with Crippen LogP contribution in [0.5, 0.6) is 0 Å². The number of carbonyl (C=O) groups is 1. The Morgan fingerprint density at radius 2 is 1.68 bits per heavy atom. The zero-order valence-electron chi connectivity index (χ0n) is 11.6. The molecule has 0 radical (unpaired) electrons. The van der Waals surface area contributed by atoms with Gasteiger partial charge in [-0.05, 0) is 11.6 Å². The smallest absolute Gasteiger partial charge is 0.338 e. The first-order chi connectivity index (χ1) is 10.8. The second-order valence-corrected chi connectivity index (χ2v) is 5.09. The molecule has 1 N–H and O–H groups in total. The van der Waals surface area contributed by atoms with E-state index in [1.165, 1.54) is 0 Å². The first-order valence-corrected chi connectivity index (χ1v) is 6.93. The van der Waals surface area contributed by atoms with E-state index in [1.54, 1.807) is 12.5 Å². The summed E-state index contributed by atoms with van der Waals surface area (Å²) in [6, 6.07) is 17.4. The molecule has 0 spiro atoms. The Balaban J connectivity index is 2.29. The van der Waals surface area contributed by atoms with Gasteiger partial charge in [0.15, 0.2) is 0 Å². The van der Waals surface area contributed by atoms with E-state index in [1.807, 2.05) is 59.0 Å². The third-order valence-corrected chi connectivity index (χ3v) is 3.85. The SMILES string of the molecule is O=C(O)c1c(-c2ccccc2)c2ccccc2n2cncc12. The topological polar surface area (TPSA) is 54.6 Å². The van der Waals surface area contributed by atoms with Crippen LogP contribution in [0.4, 0.5) is 0 Å². The molecule has 2 aromatic carbocycles. The van der Waals surface area contributed by atoms with Crippen molar-refractivity contribution < 1.29 is 9.90 Å². The quantitative estimate of drug-likeness (QED) is 0.609. The largest absolute Gasteiger partial charge is 0.478 e. The molecule has 0 aliphatic rings. The lowest BCUT2D eigenvalue weighted by Gasteiger charge is -2.13. The molecule has 4 nitrogen and oxygen atoms in total. The van der Waals surface area contributed by atoms with E-state index < -0.39 is 5.97 Å². The molecule has 0 unspecified atom stereocenters. The van der Waals surface area contributed by atoms with Crippen LogP contribution >= 0.6 is 0 Å². The molecule has 2 heterocycles. The molecule has 4 aromatic rings. The number of imidazole rings is 1. The standard InChI is InChI=1S/C18H12N2O2/c21-18(22)17-15-10-19-11-20(15)14-9-5-4-8-13(14)16(17)12-6-2-1-3-7-12/h1-11H,(H,21,22). The number of hydrogen-bond acceptors (Lipinski definition) is 2. The lowest BCUT2D eigenvalue weighted by atomic mass is 9.95. The highest BCUT2D eigenvalue weighted by molar-refractivity contribution is 6.11. The van der Waals surface area contributed by atoms with Gasteiger partial charge < -0.3 is 5.11 Å². The van der Waals surface area contributed by atoms with Crippen molar-refractivity contribution in [2.45, 2.75) is 0 Å². The van der Waals surface area contributed by atoms with Crippen molar-refractivity contribution >= 4 is 22.4 Å². The fraction of sp³-hybridized carbons (Fsp3) is 0. The van der Waals surface area contributed by atoms with Crippen molar-refractivity contribution in [1.82, 2.24) is 9.38 Å². The maximum Gasteiger partial charge on any atom is 0.338 e. The van der Waals surface area contributed by atoms with Crippen LogP contribution < -0.4 is 0 Å². The third kappa shape index (κ3) is 1.71. The molecule has 0 saturated carbocycles. The van der Waals surface area contributed by atoms with Gasteiger partial charge in [-0.15, -0.1) is 0 Å². The van der Waals surface area contributed by atoms with E-state index in [4.69, 9.17) is 0 Å². The average molecular weight is 288 g/mol. The van der Waals surface area contributed by atoms with Gasteiger partial charge in [-0.1, -0.05) is 48.5 Å². The van der Waals surface area contributed by atoms with E-state index in [2.05, 4.69) is 4.98 Å². The number of carboxylic acids is 1. The Hall–Kier alpha value is -3.14. The minimum atomic E-state index is -0.949. The molecule has 0 bridgehead atoms. The number of para-hydroxylation sites is 1. The first-order valence-electron chi connectivity index (χ1n) is 6.93. The number of hydrogen-bond donors (Lipinski definition) is 1. The lowest BCUT2D eigenvalue weighted by molar-refractivity contribution is 0.0699. The van der Waals surface area contributed by atoms with Crippen LogP contribution in [-0.4, -0.2) is 20.5 Å². The lowest BCUT2D eigenvalue weighted by Crippen LogP contribution is -2.04. The summed E-state index contributed by atoms with van der Waals surface area (Å²) in [4.78, 5) is 16.0. The minimum Gasteiger partial charge on any atom is -0.478 e. The van der Waals surface area contributed by atoms with Gasteiger partial charge in [-0.2, -0.15) is 0 Å². The Labute approximate surface area is 126 Å². The molecule has 2 aromatic heterocycles. The highest BCUT2D eigenvalue weighted by Gasteiger charge is 2.20. The van der Waals surface area contributed by atoms with Crippen LogP contribution in [0, 0.1) is 0 Å². The van der Waals surface area contributed by atoms with E-state index >= 15 is 0 Å². The maximum atomic E-state index is 11.9. The number of fused-ring (bicyclic) bond motifs is 3. The number of rotatable bonds is 2. The average Bonchev–Trinajstić information content (AvgIpc) is 3.03. The highest BCUT2D eigenvalue weighted by atomic mass is 16.4. The van der Waals surface area contributed by atoms with E-state index in [0.29, 0.717) is 5.52 Å². The molecule has 0 saturated heterocycles. The van der Waals surface area contributed by atoms with Gasteiger partial charge in [-0.3, -0.25) is 4.40 Å². The van der Waals surface area contributed by atoms with E-state index in [0.717, 1.165) is 22.0 Å². The second kappa shape index (κ2) is 4.70. The highest BCUT2D eigenvalue weighted by Crippen LogP contribution is 2.34. The van der Waals surface area contributed by atoms with E-state index in [9.17, 15) is 9.90 Å². The van der Waals surface area contributed by atoms with Crippen molar-refractivity contribution in [2.24, 2.45) is 0 Å². The van der Waals surface area contributed by atoms with Gasteiger partial charge in [0.1, 0.15) is 0 Å². The molecule has 0 fully saturated rings. The maximum absolute atomic E-state index is 11.9. The van der Waals surface area contributed by atoms with Crippen LogP contribution in [0.3, 0.4) is 0 Å². The molecule has 0 aliphatic carbocycles. The molecule has 4 heteroatoms. The molecule has 0 amide bonds. The summed E-state index contributed by atoms with van der Waals surface area (Å²) in [5, 5.41) is 10.7. The monoisotopic (exact) mass is 288 g/mol. The van der Waals surface area contributed by atoms with Gasteiger partial charge in [0, 0.05) is 10.9 Å². The number of benzene rings is 2. The Morgan fingerprint density at radius 1 is 0.955 bits per heavy atom. The van der Waals surface area contributed by atoms with Crippen molar-refractivity contribution in [3.63, 3.8) is 0 Å². The van der Waals surface area contributed by atoms with Crippen molar-refractivity contribution in [3.8, 4) is 11.1 Å². The number of nitrogens with zero attached hydrogens (tertiary/aromatic N) is 2. The predicted octanol–water partition coefficient (Wildman–Crippen LogP) is 3.85. The number of pyridine rings is 1. The molecule has 106 valence electrons. The molecule has 22 heavy (non-hydrogen) atoms. The van der Waals surface area contributed by atoms with Crippen molar-refractivity contribution in [2.75, 3.05) is 0 Å². The van der Waals surface area contributed by atoms with Gasteiger partial charge in [0.25, 0.3) is 0 Å². The van der Waals surface area contributed by atoms with E-state index in [-0.39, 0.29) is 5.56 Å². The van der Waals surface area contributed by atoms with Gasteiger partial charge >= 0.3 is 5.97 Å². The summed E-state index contributed by atoms with van der Waals surface area (Å²) >= 11 is 0. The number of carboxylic acid groups (broad SMARTS) is 1. The molecular weight excluding hydrogens is 276 g/mol. The van der Waals surface area contributed by atoms with Gasteiger partial charge in [0.05, 0.1) is 29.1 Å². The van der Waals surface area contributed by atoms with Crippen molar-refractivity contribution in [3.05, 3.63) is 72.7 Å². The molecular formula is C18H12N2O2. The zero-order valence-corrected chi connectivity index (χ0v) is 11.6. The summed E-state index contributed by atoms with van der Waals surface area (Å²) in [5.74, 6) is -0.949. The Bertz CT molecular complexity index is 1000. The normalized spacial score (nSPS) is 11.1. The molecule has 0 atom stereocenters. The minimum absolute atomic E-state index is 0.280. The summed E-state index contributed by atoms with van der Waals surface area (Å²) in [6.07, 6.45) is 3.25.